The average molecular weight is 635 g/mol. The van der Waals surface area contributed by atoms with E-state index in [9.17, 15) is 30.3 Å². The lowest BCUT2D eigenvalue weighted by Crippen LogP contribution is -2.45. The van der Waals surface area contributed by atoms with Gasteiger partial charge in [-0.25, -0.2) is 9.78 Å². The molecule has 2 aliphatic rings. The molecule has 2 rings (SSSR count). The molecular weight excluding hydrogens is 576 g/mol. The Morgan fingerprint density at radius 1 is 0.773 bits per heavy atom. The highest BCUT2D eigenvalue weighted by atomic mass is 17.2. The minimum atomic E-state index is -1.18. The first-order valence-corrected chi connectivity index (χ1v) is 16.7. The van der Waals surface area contributed by atoms with Crippen molar-refractivity contribution in [1.29, 1.82) is 0 Å². The highest BCUT2D eigenvalue weighted by Crippen LogP contribution is 2.24. The SMILES string of the molecule is CCCCCCCC/C=C\CCCCCCCC(=O)O[C@H]1[C@@H]([C@@H](CO)OOCCO[C@H](CO)[C@H]2OC[C@H](O)[C@H]2O)OC[C@@H]1O. The van der Waals surface area contributed by atoms with Crippen molar-refractivity contribution in [2.75, 3.05) is 39.6 Å². The Labute approximate surface area is 262 Å². The van der Waals surface area contributed by atoms with E-state index in [2.05, 4.69) is 19.1 Å². The zero-order chi connectivity index (χ0) is 32.0. The highest BCUT2D eigenvalue weighted by Gasteiger charge is 2.45. The summed E-state index contributed by atoms with van der Waals surface area (Å²) in [6.45, 7) is 1.00. The van der Waals surface area contributed by atoms with Gasteiger partial charge in [0.1, 0.15) is 49.3 Å². The number of esters is 1. The number of carbonyl (C=O) groups excluding carboxylic acids is 1. The molecule has 0 spiro atoms. The van der Waals surface area contributed by atoms with E-state index in [-0.39, 0.29) is 32.8 Å². The van der Waals surface area contributed by atoms with Crippen LogP contribution in [0.5, 0.6) is 0 Å². The predicted molar refractivity (Wildman–Crippen MR) is 162 cm³/mol. The topological polar surface area (TPSA) is 174 Å². The van der Waals surface area contributed by atoms with Gasteiger partial charge in [-0.3, -0.25) is 4.79 Å². The zero-order valence-corrected chi connectivity index (χ0v) is 26.5. The summed E-state index contributed by atoms with van der Waals surface area (Å²) in [5.41, 5.74) is 0. The van der Waals surface area contributed by atoms with Crippen LogP contribution in [0.4, 0.5) is 0 Å². The van der Waals surface area contributed by atoms with Crippen molar-refractivity contribution < 1.29 is 59.0 Å². The van der Waals surface area contributed by atoms with Crippen molar-refractivity contribution in [3.63, 3.8) is 0 Å². The van der Waals surface area contributed by atoms with E-state index in [1.165, 1.54) is 44.9 Å². The summed E-state index contributed by atoms with van der Waals surface area (Å²) in [7, 11) is 0. The lowest BCUT2D eigenvalue weighted by atomic mass is 10.1. The summed E-state index contributed by atoms with van der Waals surface area (Å²) in [6.07, 6.45) is 12.0. The number of aliphatic hydroxyl groups is 5. The molecule has 0 saturated carbocycles. The maximum absolute atomic E-state index is 12.5. The summed E-state index contributed by atoms with van der Waals surface area (Å²) < 4.78 is 21.8. The fraction of sp³-hybridized carbons (Fsp3) is 0.906. The molecule has 2 aliphatic heterocycles. The number of aliphatic hydroxyl groups excluding tert-OH is 5. The van der Waals surface area contributed by atoms with Gasteiger partial charge in [0.25, 0.3) is 0 Å². The summed E-state index contributed by atoms with van der Waals surface area (Å²) >= 11 is 0. The number of ether oxygens (including phenoxy) is 4. The van der Waals surface area contributed by atoms with Gasteiger partial charge >= 0.3 is 5.97 Å². The van der Waals surface area contributed by atoms with Crippen LogP contribution in [0.15, 0.2) is 12.2 Å². The fourth-order valence-corrected chi connectivity index (χ4v) is 5.40. The van der Waals surface area contributed by atoms with Crippen molar-refractivity contribution >= 4 is 5.97 Å². The quantitative estimate of drug-likeness (QED) is 0.0310. The number of rotatable bonds is 26. The maximum Gasteiger partial charge on any atom is 0.306 e. The second-order valence-electron chi connectivity index (χ2n) is 11.7. The Kier molecular flexibility index (Phi) is 21.3. The van der Waals surface area contributed by atoms with Crippen LogP contribution >= 0.6 is 0 Å². The molecule has 8 atom stereocenters. The third-order valence-electron chi connectivity index (χ3n) is 8.05. The van der Waals surface area contributed by atoms with E-state index in [0.29, 0.717) is 6.42 Å². The second kappa shape index (κ2) is 24.0. The van der Waals surface area contributed by atoms with Gasteiger partial charge in [0.2, 0.25) is 0 Å². The number of carbonyl (C=O) groups is 1. The molecule has 0 radical (unpaired) electrons. The predicted octanol–water partition coefficient (Wildman–Crippen LogP) is 2.50. The van der Waals surface area contributed by atoms with Crippen LogP contribution in [0.25, 0.3) is 0 Å². The first-order valence-electron chi connectivity index (χ1n) is 16.7. The summed E-state index contributed by atoms with van der Waals surface area (Å²) in [5.74, 6) is -0.440. The van der Waals surface area contributed by atoms with Crippen LogP contribution in [0.2, 0.25) is 0 Å². The first-order chi connectivity index (χ1) is 21.4. The molecule has 0 unspecified atom stereocenters. The van der Waals surface area contributed by atoms with Crippen molar-refractivity contribution in [1.82, 2.24) is 0 Å². The average Bonchev–Trinajstić information content (AvgIpc) is 3.55. The maximum atomic E-state index is 12.5. The van der Waals surface area contributed by atoms with Crippen LogP contribution in [-0.2, 0) is 33.5 Å². The van der Waals surface area contributed by atoms with E-state index in [1.54, 1.807) is 0 Å². The molecule has 0 aliphatic carbocycles. The molecule has 0 bridgehead atoms. The number of hydrogen-bond donors (Lipinski definition) is 5. The number of allylic oxidation sites excluding steroid dienone is 2. The van der Waals surface area contributed by atoms with E-state index < -0.39 is 68.0 Å². The summed E-state index contributed by atoms with van der Waals surface area (Å²) in [5, 5.41) is 49.2. The van der Waals surface area contributed by atoms with Crippen LogP contribution in [0.3, 0.4) is 0 Å². The van der Waals surface area contributed by atoms with Gasteiger partial charge in [-0.05, 0) is 32.1 Å². The van der Waals surface area contributed by atoms with Gasteiger partial charge in [-0.15, -0.1) is 0 Å². The molecule has 12 nitrogen and oxygen atoms in total. The Morgan fingerprint density at radius 2 is 1.36 bits per heavy atom. The van der Waals surface area contributed by atoms with E-state index >= 15 is 0 Å². The molecule has 0 aromatic rings. The standard InChI is InChI=1S/C32H58O12/c1-2-3-4-5-6-7-8-9-10-11-12-13-14-15-16-17-28(37)43-30-25(36)23-41-32(30)27(21-34)44-42-19-18-39-26(20-33)31-29(38)24(35)22-40-31/h9-10,24-27,29-36,38H,2-8,11-23H2,1H3/b10-9-/t24-,25-,26+,27+,29+,30+,31+,32+/m0/s1. The monoisotopic (exact) mass is 634 g/mol. The van der Waals surface area contributed by atoms with E-state index in [1.807, 2.05) is 0 Å². The molecule has 258 valence electrons. The van der Waals surface area contributed by atoms with Crippen molar-refractivity contribution in [2.24, 2.45) is 0 Å². The highest BCUT2D eigenvalue weighted by molar-refractivity contribution is 5.69. The third kappa shape index (κ3) is 14.9. The lowest BCUT2D eigenvalue weighted by molar-refractivity contribution is -0.350. The number of hydrogen-bond acceptors (Lipinski definition) is 12. The van der Waals surface area contributed by atoms with Crippen molar-refractivity contribution in [3.05, 3.63) is 12.2 Å². The van der Waals surface area contributed by atoms with Gasteiger partial charge < -0.3 is 44.5 Å². The summed E-state index contributed by atoms with van der Waals surface area (Å²) in [6, 6.07) is 0. The molecule has 12 heteroatoms. The Balaban J connectivity index is 1.55. The van der Waals surface area contributed by atoms with Crippen LogP contribution in [0, 0.1) is 0 Å². The smallest absolute Gasteiger partial charge is 0.306 e. The zero-order valence-electron chi connectivity index (χ0n) is 26.5. The summed E-state index contributed by atoms with van der Waals surface area (Å²) in [4.78, 5) is 22.9. The van der Waals surface area contributed by atoms with E-state index in [0.717, 1.165) is 32.1 Å². The Hall–Kier alpha value is -1.19. The molecule has 0 aromatic heterocycles. The number of unbranched alkanes of at least 4 members (excludes halogenated alkanes) is 11. The van der Waals surface area contributed by atoms with Gasteiger partial charge in [0, 0.05) is 6.42 Å². The van der Waals surface area contributed by atoms with Crippen LogP contribution in [0.1, 0.15) is 96.8 Å². The normalized spacial score (nSPS) is 26.9. The fourth-order valence-electron chi connectivity index (χ4n) is 5.40. The molecule has 0 amide bonds. The molecule has 2 heterocycles. The molecule has 44 heavy (non-hydrogen) atoms. The Morgan fingerprint density at radius 3 is 1.98 bits per heavy atom. The van der Waals surface area contributed by atoms with E-state index in [4.69, 9.17) is 28.7 Å². The van der Waals surface area contributed by atoms with Gasteiger partial charge in [-0.2, -0.15) is 0 Å². The van der Waals surface area contributed by atoms with Crippen molar-refractivity contribution in [3.8, 4) is 0 Å². The van der Waals surface area contributed by atoms with Crippen LogP contribution < -0.4 is 0 Å². The minimum absolute atomic E-state index is 0.0471. The lowest BCUT2D eigenvalue weighted by Gasteiger charge is -2.26. The second-order valence-corrected chi connectivity index (χ2v) is 11.7. The van der Waals surface area contributed by atoms with Gasteiger partial charge in [0.15, 0.2) is 6.10 Å². The minimum Gasteiger partial charge on any atom is -0.457 e. The Bertz CT molecular complexity index is 753. The first kappa shape index (κ1) is 39.0. The third-order valence-corrected chi connectivity index (χ3v) is 8.05. The molecule has 0 aromatic carbocycles. The molecule has 2 fully saturated rings. The largest absolute Gasteiger partial charge is 0.457 e. The molecule has 5 N–H and O–H groups in total. The van der Waals surface area contributed by atoms with Gasteiger partial charge in [-0.1, -0.05) is 70.4 Å². The molecule has 2 saturated heterocycles. The molecular formula is C32H58O12. The van der Waals surface area contributed by atoms with Crippen molar-refractivity contribution in [2.45, 2.75) is 146 Å². The van der Waals surface area contributed by atoms with Gasteiger partial charge in [0.05, 0.1) is 33.0 Å². The van der Waals surface area contributed by atoms with Crippen LogP contribution in [-0.4, -0.2) is 120 Å².